The number of rotatable bonds is 6. The van der Waals surface area contributed by atoms with Gasteiger partial charge >= 0.3 is 5.69 Å². The molecule has 0 radical (unpaired) electrons. The molecule has 3 rings (SSSR count). The van der Waals surface area contributed by atoms with Gasteiger partial charge in [-0.3, -0.25) is 20.2 Å². The molecule has 10 heteroatoms. The van der Waals surface area contributed by atoms with E-state index < -0.39 is 9.85 Å². The van der Waals surface area contributed by atoms with Gasteiger partial charge in [-0.15, -0.1) is 0 Å². The molecule has 10 nitrogen and oxygen atoms in total. The van der Waals surface area contributed by atoms with Crippen molar-refractivity contribution >= 4 is 22.9 Å². The minimum atomic E-state index is -0.578. The third-order valence-electron chi connectivity index (χ3n) is 4.18. The molecule has 0 amide bonds. The highest BCUT2D eigenvalue weighted by molar-refractivity contribution is 5.66. The van der Waals surface area contributed by atoms with Crippen LogP contribution in [-0.2, 0) is 0 Å². The van der Waals surface area contributed by atoms with Crippen LogP contribution in [0.2, 0.25) is 0 Å². The second-order valence-corrected chi connectivity index (χ2v) is 6.36. The third-order valence-corrected chi connectivity index (χ3v) is 4.18. The van der Waals surface area contributed by atoms with E-state index in [1.807, 2.05) is 6.07 Å². The van der Waals surface area contributed by atoms with Crippen LogP contribution in [0, 0.1) is 45.4 Å². The minimum absolute atomic E-state index is 0.0422. The molecule has 1 heterocycles. The molecule has 30 heavy (non-hydrogen) atoms. The maximum absolute atomic E-state index is 11.4. The molecule has 1 aromatic heterocycles. The Morgan fingerprint density at radius 3 is 2.17 bits per heavy atom. The van der Waals surface area contributed by atoms with Gasteiger partial charge in [0, 0.05) is 30.0 Å². The SMILES string of the molecule is Cc1cc([N+](=O)[O-])cc(C)c1Oc1ccc([N+](=O)[O-])c(Nc2ccc(C#N)cc2)n1. The zero-order valence-electron chi connectivity index (χ0n) is 15.9. The Labute approximate surface area is 170 Å². The molecular formula is C20H15N5O5. The third kappa shape index (κ3) is 4.31. The lowest BCUT2D eigenvalue weighted by Gasteiger charge is -2.12. The molecule has 2 aromatic carbocycles. The highest BCUT2D eigenvalue weighted by atomic mass is 16.6. The van der Waals surface area contributed by atoms with Gasteiger partial charge < -0.3 is 10.1 Å². The van der Waals surface area contributed by atoms with Gasteiger partial charge in [-0.2, -0.15) is 10.2 Å². The van der Waals surface area contributed by atoms with E-state index >= 15 is 0 Å². The maximum atomic E-state index is 11.4. The van der Waals surface area contributed by atoms with Crippen LogP contribution in [0.1, 0.15) is 16.7 Å². The van der Waals surface area contributed by atoms with E-state index in [9.17, 15) is 20.2 Å². The first kappa shape index (κ1) is 20.2. The van der Waals surface area contributed by atoms with Gasteiger partial charge in [-0.05, 0) is 49.2 Å². The quantitative estimate of drug-likeness (QED) is 0.449. The van der Waals surface area contributed by atoms with E-state index in [-0.39, 0.29) is 23.1 Å². The molecule has 0 unspecified atom stereocenters. The van der Waals surface area contributed by atoms with Crippen LogP contribution in [0.4, 0.5) is 22.9 Å². The lowest BCUT2D eigenvalue weighted by Crippen LogP contribution is -2.02. The fourth-order valence-electron chi connectivity index (χ4n) is 2.79. The molecule has 0 saturated heterocycles. The molecule has 0 atom stereocenters. The van der Waals surface area contributed by atoms with Crippen molar-refractivity contribution in [2.45, 2.75) is 13.8 Å². The number of hydrogen-bond acceptors (Lipinski definition) is 8. The highest BCUT2D eigenvalue weighted by Crippen LogP contribution is 2.34. The summed E-state index contributed by atoms with van der Waals surface area (Å²) in [6, 6.07) is 13.7. The number of nitriles is 1. The van der Waals surface area contributed by atoms with Crippen LogP contribution in [0.3, 0.4) is 0 Å². The number of nitro groups is 2. The Balaban J connectivity index is 1.95. The van der Waals surface area contributed by atoms with Gasteiger partial charge in [0.15, 0.2) is 0 Å². The number of nitrogens with one attached hydrogen (secondary N) is 1. The van der Waals surface area contributed by atoms with Crippen LogP contribution in [-0.4, -0.2) is 14.8 Å². The van der Waals surface area contributed by atoms with Crippen molar-refractivity contribution in [3.63, 3.8) is 0 Å². The topological polar surface area (TPSA) is 144 Å². The standard InChI is InChI=1S/C20H15N5O5/c1-12-9-16(24(26)27)10-13(2)19(12)30-18-8-7-17(25(28)29)20(23-18)22-15-5-3-14(11-21)4-6-15/h3-10H,1-2H3,(H,22,23). The Kier molecular flexibility index (Phi) is 5.55. The van der Waals surface area contributed by atoms with E-state index in [1.54, 1.807) is 38.1 Å². The molecule has 0 fully saturated rings. The number of hydrogen-bond donors (Lipinski definition) is 1. The molecule has 0 bridgehead atoms. The first-order valence-electron chi connectivity index (χ1n) is 8.64. The second-order valence-electron chi connectivity index (χ2n) is 6.36. The molecule has 0 spiro atoms. The lowest BCUT2D eigenvalue weighted by molar-refractivity contribution is -0.385. The Morgan fingerprint density at radius 2 is 1.63 bits per heavy atom. The summed E-state index contributed by atoms with van der Waals surface area (Å²) < 4.78 is 5.78. The molecule has 0 aliphatic heterocycles. The number of non-ortho nitro benzene ring substituents is 1. The Bertz CT molecular complexity index is 1160. The first-order chi connectivity index (χ1) is 14.3. The largest absolute Gasteiger partial charge is 0.438 e. The average Bonchev–Trinajstić information content (AvgIpc) is 2.71. The number of ether oxygens (including phenoxy) is 1. The van der Waals surface area contributed by atoms with Crippen LogP contribution < -0.4 is 10.1 Å². The number of aryl methyl sites for hydroxylation is 2. The Morgan fingerprint density at radius 1 is 1.00 bits per heavy atom. The number of aromatic nitrogens is 1. The smallest absolute Gasteiger partial charge is 0.311 e. The molecule has 0 aliphatic rings. The van der Waals surface area contributed by atoms with Gasteiger partial charge in [0.05, 0.1) is 21.5 Å². The van der Waals surface area contributed by atoms with Gasteiger partial charge in [-0.1, -0.05) is 0 Å². The van der Waals surface area contributed by atoms with E-state index in [1.165, 1.54) is 24.3 Å². The van der Waals surface area contributed by atoms with E-state index in [4.69, 9.17) is 10.00 Å². The summed E-state index contributed by atoms with van der Waals surface area (Å²) >= 11 is 0. The zero-order chi connectivity index (χ0) is 21.8. The van der Waals surface area contributed by atoms with Crippen molar-refractivity contribution in [3.05, 3.63) is 85.4 Å². The van der Waals surface area contributed by atoms with Gasteiger partial charge in [-0.25, -0.2) is 0 Å². The van der Waals surface area contributed by atoms with Crippen molar-refractivity contribution in [2.24, 2.45) is 0 Å². The van der Waals surface area contributed by atoms with Crippen LogP contribution in [0.25, 0.3) is 0 Å². The summed E-state index contributed by atoms with van der Waals surface area (Å²) in [5.41, 5.74) is 1.70. The summed E-state index contributed by atoms with van der Waals surface area (Å²) in [5, 5.41) is 34.1. The molecule has 0 aliphatic carbocycles. The molecule has 3 aromatic rings. The van der Waals surface area contributed by atoms with Gasteiger partial charge in [0.2, 0.25) is 11.7 Å². The van der Waals surface area contributed by atoms with Gasteiger partial charge in [0.1, 0.15) is 5.75 Å². The fraction of sp³-hybridized carbons (Fsp3) is 0.100. The summed E-state index contributed by atoms with van der Waals surface area (Å²) in [5.74, 6) is 0.419. The van der Waals surface area contributed by atoms with Crippen molar-refractivity contribution in [1.29, 1.82) is 5.26 Å². The van der Waals surface area contributed by atoms with Crippen LogP contribution in [0.5, 0.6) is 11.6 Å². The first-order valence-corrected chi connectivity index (χ1v) is 8.64. The van der Waals surface area contributed by atoms with E-state index in [0.717, 1.165) is 0 Å². The number of nitrogens with zero attached hydrogens (tertiary/aromatic N) is 4. The highest BCUT2D eigenvalue weighted by Gasteiger charge is 2.19. The number of pyridine rings is 1. The fourth-order valence-corrected chi connectivity index (χ4v) is 2.79. The minimum Gasteiger partial charge on any atom is -0.438 e. The van der Waals surface area contributed by atoms with E-state index in [0.29, 0.717) is 28.1 Å². The maximum Gasteiger partial charge on any atom is 0.311 e. The number of anilines is 2. The second kappa shape index (κ2) is 8.24. The summed E-state index contributed by atoms with van der Waals surface area (Å²) in [4.78, 5) is 25.5. The van der Waals surface area contributed by atoms with Crippen molar-refractivity contribution in [3.8, 4) is 17.7 Å². The van der Waals surface area contributed by atoms with Gasteiger partial charge in [0.25, 0.3) is 5.69 Å². The predicted molar refractivity (Wildman–Crippen MR) is 108 cm³/mol. The molecular weight excluding hydrogens is 390 g/mol. The molecule has 0 saturated carbocycles. The summed E-state index contributed by atoms with van der Waals surface area (Å²) in [7, 11) is 0. The average molecular weight is 405 g/mol. The monoisotopic (exact) mass is 405 g/mol. The predicted octanol–water partition coefficient (Wildman–Crippen LogP) is 4.92. The summed E-state index contributed by atoms with van der Waals surface area (Å²) in [6.07, 6.45) is 0. The van der Waals surface area contributed by atoms with Crippen LogP contribution in [0.15, 0.2) is 48.5 Å². The van der Waals surface area contributed by atoms with Crippen molar-refractivity contribution < 1.29 is 14.6 Å². The molecule has 1 N–H and O–H groups in total. The lowest BCUT2D eigenvalue weighted by atomic mass is 10.1. The van der Waals surface area contributed by atoms with Crippen LogP contribution >= 0.6 is 0 Å². The Hall–Kier alpha value is -4.52. The summed E-state index contributed by atoms with van der Waals surface area (Å²) in [6.45, 7) is 3.33. The molecule has 150 valence electrons. The zero-order valence-corrected chi connectivity index (χ0v) is 15.9. The number of benzene rings is 2. The number of nitro benzene ring substituents is 1. The van der Waals surface area contributed by atoms with E-state index in [2.05, 4.69) is 10.3 Å². The normalized spacial score (nSPS) is 10.2. The van der Waals surface area contributed by atoms with Crippen molar-refractivity contribution in [1.82, 2.24) is 4.98 Å². The van der Waals surface area contributed by atoms with Crippen molar-refractivity contribution in [2.75, 3.05) is 5.32 Å².